The van der Waals surface area contributed by atoms with Crippen LogP contribution >= 0.6 is 11.8 Å². The van der Waals surface area contributed by atoms with Gasteiger partial charge in [0.25, 0.3) is 5.24 Å². The number of piperidine rings is 1. The molecule has 1 N–H and O–H groups in total. The summed E-state index contributed by atoms with van der Waals surface area (Å²) in [5.41, 5.74) is 0. The van der Waals surface area contributed by atoms with Gasteiger partial charge in [0.1, 0.15) is 0 Å². The Morgan fingerprint density at radius 2 is 2.05 bits per heavy atom. The van der Waals surface area contributed by atoms with E-state index in [1.54, 1.807) is 4.90 Å². The smallest absolute Gasteiger partial charge is 0.303 e. The van der Waals surface area contributed by atoms with Crippen molar-refractivity contribution < 1.29 is 19.5 Å². The second-order valence-electron chi connectivity index (χ2n) is 5.52. The molecule has 7 heteroatoms. The van der Waals surface area contributed by atoms with Gasteiger partial charge in [-0.1, -0.05) is 11.8 Å². The highest BCUT2D eigenvalue weighted by Crippen LogP contribution is 2.23. The lowest BCUT2D eigenvalue weighted by molar-refractivity contribution is -0.140. The van der Waals surface area contributed by atoms with Crippen LogP contribution in [0.5, 0.6) is 0 Å². The third-order valence-electron chi connectivity index (χ3n) is 4.08. The third kappa shape index (κ3) is 4.62. The maximum absolute atomic E-state index is 12.4. The fraction of sp³-hybridized carbons (Fsp3) is 0.786. The molecule has 1 unspecified atom stereocenters. The molecular weight excluding hydrogens is 292 g/mol. The normalized spacial score (nSPS) is 22.7. The Balaban J connectivity index is 1.82. The number of carbonyl (C=O) groups excluding carboxylic acids is 2. The van der Waals surface area contributed by atoms with Crippen LogP contribution in [-0.2, 0) is 9.59 Å². The van der Waals surface area contributed by atoms with Gasteiger partial charge in [-0.15, -0.1) is 0 Å². The van der Waals surface area contributed by atoms with Crippen LogP contribution in [0.15, 0.2) is 0 Å². The van der Waals surface area contributed by atoms with E-state index in [-0.39, 0.29) is 23.6 Å². The molecule has 6 nitrogen and oxygen atoms in total. The van der Waals surface area contributed by atoms with Gasteiger partial charge in [-0.05, 0) is 25.7 Å². The average Bonchev–Trinajstić information content (AvgIpc) is 2.88. The fourth-order valence-corrected chi connectivity index (χ4v) is 3.77. The van der Waals surface area contributed by atoms with Crippen molar-refractivity contribution in [3.8, 4) is 0 Å². The summed E-state index contributed by atoms with van der Waals surface area (Å²) in [6.45, 7) is 1.91. The van der Waals surface area contributed by atoms with Crippen LogP contribution in [0.4, 0.5) is 4.79 Å². The summed E-state index contributed by atoms with van der Waals surface area (Å²) in [7, 11) is 0. The van der Waals surface area contributed by atoms with E-state index in [1.807, 2.05) is 4.90 Å². The number of carbonyl (C=O) groups is 3. The largest absolute Gasteiger partial charge is 0.481 e. The molecule has 2 fully saturated rings. The molecule has 1 atom stereocenters. The molecule has 0 bridgehead atoms. The zero-order valence-electron chi connectivity index (χ0n) is 12.1. The molecule has 118 valence electrons. The summed E-state index contributed by atoms with van der Waals surface area (Å²) in [5.74, 6) is 0.0419. The van der Waals surface area contributed by atoms with Gasteiger partial charge in [0.05, 0.1) is 0 Å². The molecular formula is C14H22N2O4S. The summed E-state index contributed by atoms with van der Waals surface area (Å²) in [5, 5.41) is 8.85. The van der Waals surface area contributed by atoms with Gasteiger partial charge >= 0.3 is 5.97 Å². The van der Waals surface area contributed by atoms with Gasteiger partial charge < -0.3 is 14.9 Å². The van der Waals surface area contributed by atoms with Crippen LogP contribution in [0.25, 0.3) is 0 Å². The van der Waals surface area contributed by atoms with Gasteiger partial charge in [0, 0.05) is 44.3 Å². The molecule has 0 aromatic rings. The highest BCUT2D eigenvalue weighted by molar-refractivity contribution is 8.13. The Bertz CT molecular complexity index is 416. The Morgan fingerprint density at radius 3 is 2.71 bits per heavy atom. The first-order valence-electron chi connectivity index (χ1n) is 7.51. The number of hydrogen-bond donors (Lipinski definition) is 1. The number of carboxylic acid groups (broad SMARTS) is 1. The zero-order valence-corrected chi connectivity index (χ0v) is 12.9. The van der Waals surface area contributed by atoms with E-state index in [2.05, 4.69) is 0 Å². The molecule has 2 rings (SSSR count). The number of carboxylic acids is 1. The van der Waals surface area contributed by atoms with Gasteiger partial charge in [-0.2, -0.15) is 0 Å². The summed E-state index contributed by atoms with van der Waals surface area (Å²) in [4.78, 5) is 38.1. The van der Waals surface area contributed by atoms with E-state index in [1.165, 1.54) is 11.8 Å². The number of nitrogens with zero attached hydrogens (tertiary/aromatic N) is 2. The Hall–Kier alpha value is -1.24. The quantitative estimate of drug-likeness (QED) is 0.808. The standard InChI is InChI=1S/C14H22N2O4S/c17-12(6-8-15-9-10-21-14(15)20)16-7-2-1-3-11(16)4-5-13(18)19/h11H,1-10H2,(H,18,19). The molecule has 0 aliphatic carbocycles. The zero-order chi connectivity index (χ0) is 15.2. The predicted octanol–water partition coefficient (Wildman–Crippen LogP) is 1.79. The molecule has 2 aliphatic rings. The number of amides is 2. The molecule has 2 saturated heterocycles. The van der Waals surface area contributed by atoms with Crippen LogP contribution in [0.2, 0.25) is 0 Å². The lowest BCUT2D eigenvalue weighted by Crippen LogP contribution is -2.45. The van der Waals surface area contributed by atoms with E-state index in [4.69, 9.17) is 5.11 Å². The minimum atomic E-state index is -0.812. The Morgan fingerprint density at radius 1 is 1.24 bits per heavy atom. The van der Waals surface area contributed by atoms with E-state index in [0.29, 0.717) is 25.9 Å². The second-order valence-corrected chi connectivity index (χ2v) is 6.57. The van der Waals surface area contributed by atoms with Crippen LogP contribution < -0.4 is 0 Å². The summed E-state index contributed by atoms with van der Waals surface area (Å²) < 4.78 is 0. The number of hydrogen-bond acceptors (Lipinski definition) is 4. The lowest BCUT2D eigenvalue weighted by atomic mass is 9.97. The van der Waals surface area contributed by atoms with Crippen molar-refractivity contribution in [2.75, 3.05) is 25.4 Å². The van der Waals surface area contributed by atoms with Crippen LogP contribution in [0.1, 0.15) is 38.5 Å². The second kappa shape index (κ2) is 7.68. The number of likely N-dealkylation sites (tertiary alicyclic amines) is 1. The molecule has 2 heterocycles. The molecule has 0 spiro atoms. The first-order chi connectivity index (χ1) is 10.1. The number of aliphatic carboxylic acids is 1. The minimum Gasteiger partial charge on any atom is -0.481 e. The van der Waals surface area contributed by atoms with Crippen LogP contribution in [-0.4, -0.2) is 63.5 Å². The van der Waals surface area contributed by atoms with Crippen molar-refractivity contribution in [3.05, 3.63) is 0 Å². The molecule has 2 amide bonds. The first kappa shape index (κ1) is 16.1. The number of rotatable bonds is 6. The fourth-order valence-electron chi connectivity index (χ4n) is 2.92. The van der Waals surface area contributed by atoms with E-state index in [0.717, 1.165) is 31.6 Å². The minimum absolute atomic E-state index is 0.0472. The van der Waals surface area contributed by atoms with Gasteiger partial charge in [-0.25, -0.2) is 0 Å². The SMILES string of the molecule is O=C(O)CCC1CCCCN1C(=O)CCN1CCSC1=O. The van der Waals surface area contributed by atoms with Gasteiger partial charge in [-0.3, -0.25) is 14.4 Å². The molecule has 0 aromatic heterocycles. The highest BCUT2D eigenvalue weighted by Gasteiger charge is 2.28. The first-order valence-corrected chi connectivity index (χ1v) is 8.49. The molecule has 0 saturated carbocycles. The highest BCUT2D eigenvalue weighted by atomic mass is 32.2. The van der Waals surface area contributed by atoms with Crippen molar-refractivity contribution in [2.45, 2.75) is 44.6 Å². The van der Waals surface area contributed by atoms with Crippen molar-refractivity contribution in [1.82, 2.24) is 9.80 Å². The van der Waals surface area contributed by atoms with Gasteiger partial charge in [0.2, 0.25) is 5.91 Å². The van der Waals surface area contributed by atoms with E-state index >= 15 is 0 Å². The Labute approximate surface area is 128 Å². The number of thioether (sulfide) groups is 1. The van der Waals surface area contributed by atoms with Crippen molar-refractivity contribution >= 4 is 28.9 Å². The molecule has 0 aromatic carbocycles. The van der Waals surface area contributed by atoms with E-state index < -0.39 is 5.97 Å². The van der Waals surface area contributed by atoms with Crippen molar-refractivity contribution in [2.24, 2.45) is 0 Å². The summed E-state index contributed by atoms with van der Waals surface area (Å²) in [6.07, 6.45) is 3.89. The molecule has 2 aliphatic heterocycles. The summed E-state index contributed by atoms with van der Waals surface area (Å²) >= 11 is 1.30. The average molecular weight is 314 g/mol. The summed E-state index contributed by atoms with van der Waals surface area (Å²) in [6, 6.07) is 0.0472. The molecule has 21 heavy (non-hydrogen) atoms. The van der Waals surface area contributed by atoms with Gasteiger partial charge in [0.15, 0.2) is 0 Å². The van der Waals surface area contributed by atoms with Crippen molar-refractivity contribution in [1.29, 1.82) is 0 Å². The van der Waals surface area contributed by atoms with Crippen molar-refractivity contribution in [3.63, 3.8) is 0 Å². The topological polar surface area (TPSA) is 77.9 Å². The maximum atomic E-state index is 12.4. The lowest BCUT2D eigenvalue weighted by Gasteiger charge is -2.36. The maximum Gasteiger partial charge on any atom is 0.303 e. The predicted molar refractivity (Wildman–Crippen MR) is 80.3 cm³/mol. The monoisotopic (exact) mass is 314 g/mol. The van der Waals surface area contributed by atoms with Crippen LogP contribution in [0, 0.1) is 0 Å². The Kier molecular flexibility index (Phi) is 5.90. The van der Waals surface area contributed by atoms with Crippen LogP contribution in [0.3, 0.4) is 0 Å². The third-order valence-corrected chi connectivity index (χ3v) is 4.97. The molecule has 0 radical (unpaired) electrons. The van der Waals surface area contributed by atoms with E-state index in [9.17, 15) is 14.4 Å².